The lowest BCUT2D eigenvalue weighted by atomic mass is 9.99. The Morgan fingerprint density at radius 2 is 1.79 bits per heavy atom. The molecule has 1 saturated heterocycles. The molecular weight excluding hydrogens is 406 g/mol. The number of halogens is 1. The lowest BCUT2D eigenvalue weighted by Gasteiger charge is -2.30. The normalized spacial score (nSPS) is 14.9. The Bertz CT molecular complexity index is 968. The molecule has 29 heavy (non-hydrogen) atoms. The van der Waals surface area contributed by atoms with Gasteiger partial charge in [-0.1, -0.05) is 30.3 Å². The summed E-state index contributed by atoms with van der Waals surface area (Å²) in [5.41, 5.74) is 1.80. The van der Waals surface area contributed by atoms with Crippen LogP contribution < -0.4 is 0 Å². The number of piperidine rings is 1. The van der Waals surface area contributed by atoms with Gasteiger partial charge in [-0.25, -0.2) is 0 Å². The molecule has 0 radical (unpaired) electrons. The molecular formula is C21H22ClN5OS. The second kappa shape index (κ2) is 8.97. The average molecular weight is 428 g/mol. The molecule has 6 nitrogen and oxygen atoms in total. The summed E-state index contributed by atoms with van der Waals surface area (Å²) in [4.78, 5) is 18.7. The lowest BCUT2D eigenvalue weighted by Crippen LogP contribution is -2.38. The van der Waals surface area contributed by atoms with Gasteiger partial charge in [0.15, 0.2) is 11.0 Å². The smallest absolute Gasteiger partial charge is 0.233 e. The monoisotopic (exact) mass is 427 g/mol. The maximum Gasteiger partial charge on any atom is 0.233 e. The van der Waals surface area contributed by atoms with Crippen LogP contribution in [0.15, 0.2) is 53.9 Å². The topological polar surface area (TPSA) is 63.9 Å². The van der Waals surface area contributed by atoms with Crippen LogP contribution in [-0.4, -0.2) is 49.4 Å². The van der Waals surface area contributed by atoms with Gasteiger partial charge in [0.1, 0.15) is 0 Å². The van der Waals surface area contributed by atoms with Crippen LogP contribution in [0.5, 0.6) is 0 Å². The molecule has 0 spiro atoms. The second-order valence-electron chi connectivity index (χ2n) is 7.21. The fourth-order valence-electron chi connectivity index (χ4n) is 3.35. The van der Waals surface area contributed by atoms with Gasteiger partial charge in [0.2, 0.25) is 5.91 Å². The Hall–Kier alpha value is -2.38. The summed E-state index contributed by atoms with van der Waals surface area (Å²) in [6.07, 6.45) is 5.60. The van der Waals surface area contributed by atoms with E-state index in [0.29, 0.717) is 27.7 Å². The van der Waals surface area contributed by atoms with E-state index in [1.165, 1.54) is 11.8 Å². The number of nitrogens with zero attached hydrogens (tertiary/aromatic N) is 5. The van der Waals surface area contributed by atoms with Crippen LogP contribution >= 0.6 is 23.4 Å². The molecule has 1 aliphatic rings. The van der Waals surface area contributed by atoms with Gasteiger partial charge < -0.3 is 4.90 Å². The number of thioether (sulfide) groups is 1. The first-order chi connectivity index (χ1) is 14.1. The first-order valence-electron chi connectivity index (χ1n) is 9.64. The standard InChI is InChI=1S/C21H22ClN5OS/c1-15-8-12-26(13-9-15)19(28)14-29-21-25-24-20(16-6-10-23-11-7-16)27(21)18-4-2-17(22)3-5-18/h2-7,10-11,15H,8-9,12-14H2,1H3. The molecule has 0 atom stereocenters. The zero-order valence-electron chi connectivity index (χ0n) is 16.2. The Balaban J connectivity index is 1.59. The van der Waals surface area contributed by atoms with Crippen molar-refractivity contribution in [3.8, 4) is 17.1 Å². The highest BCUT2D eigenvalue weighted by Gasteiger charge is 2.22. The van der Waals surface area contributed by atoms with Gasteiger partial charge in [-0.15, -0.1) is 10.2 Å². The number of likely N-dealkylation sites (tertiary alicyclic amines) is 1. The van der Waals surface area contributed by atoms with E-state index in [9.17, 15) is 4.79 Å². The minimum Gasteiger partial charge on any atom is -0.342 e. The molecule has 1 aliphatic heterocycles. The van der Waals surface area contributed by atoms with Crippen LogP contribution in [0, 0.1) is 5.92 Å². The predicted molar refractivity (Wildman–Crippen MR) is 115 cm³/mol. The van der Waals surface area contributed by atoms with Crippen molar-refractivity contribution in [2.45, 2.75) is 24.9 Å². The van der Waals surface area contributed by atoms with Gasteiger partial charge in [-0.3, -0.25) is 14.3 Å². The highest BCUT2D eigenvalue weighted by molar-refractivity contribution is 7.99. The first-order valence-corrected chi connectivity index (χ1v) is 11.0. The molecule has 8 heteroatoms. The number of amides is 1. The largest absolute Gasteiger partial charge is 0.342 e. The number of hydrogen-bond acceptors (Lipinski definition) is 5. The Morgan fingerprint density at radius 1 is 1.10 bits per heavy atom. The third kappa shape index (κ3) is 4.62. The molecule has 3 aromatic rings. The van der Waals surface area contributed by atoms with E-state index >= 15 is 0 Å². The number of aromatic nitrogens is 4. The molecule has 0 unspecified atom stereocenters. The Labute approximate surface area is 179 Å². The van der Waals surface area contributed by atoms with E-state index in [-0.39, 0.29) is 5.91 Å². The Morgan fingerprint density at radius 3 is 2.48 bits per heavy atom. The van der Waals surface area contributed by atoms with Crippen molar-refractivity contribution in [2.24, 2.45) is 5.92 Å². The van der Waals surface area contributed by atoms with Crippen molar-refractivity contribution in [3.63, 3.8) is 0 Å². The number of pyridine rings is 1. The summed E-state index contributed by atoms with van der Waals surface area (Å²) in [6, 6.07) is 11.3. The zero-order chi connectivity index (χ0) is 20.2. The molecule has 2 aromatic heterocycles. The molecule has 0 aliphatic carbocycles. The molecule has 150 valence electrons. The van der Waals surface area contributed by atoms with Crippen molar-refractivity contribution < 1.29 is 4.79 Å². The minimum atomic E-state index is 0.151. The average Bonchev–Trinajstić information content (AvgIpc) is 3.17. The fourth-order valence-corrected chi connectivity index (χ4v) is 4.33. The zero-order valence-corrected chi connectivity index (χ0v) is 17.7. The fraction of sp³-hybridized carbons (Fsp3) is 0.333. The van der Waals surface area contributed by atoms with Crippen molar-refractivity contribution in [3.05, 3.63) is 53.8 Å². The summed E-state index contributed by atoms with van der Waals surface area (Å²) >= 11 is 7.48. The summed E-state index contributed by atoms with van der Waals surface area (Å²) < 4.78 is 1.96. The highest BCUT2D eigenvalue weighted by atomic mass is 35.5. The number of carbonyl (C=O) groups excluding carboxylic acids is 1. The van der Waals surface area contributed by atoms with Gasteiger partial charge >= 0.3 is 0 Å². The van der Waals surface area contributed by atoms with Gasteiger partial charge in [0.25, 0.3) is 0 Å². The van der Waals surface area contributed by atoms with E-state index in [0.717, 1.165) is 37.2 Å². The van der Waals surface area contributed by atoms with Gasteiger partial charge in [0, 0.05) is 41.8 Å². The maximum absolute atomic E-state index is 12.7. The summed E-state index contributed by atoms with van der Waals surface area (Å²) in [7, 11) is 0. The van der Waals surface area contributed by atoms with Crippen LogP contribution in [0.4, 0.5) is 0 Å². The molecule has 1 fully saturated rings. The number of hydrogen-bond donors (Lipinski definition) is 0. The number of benzene rings is 1. The molecule has 1 aromatic carbocycles. The van der Waals surface area contributed by atoms with E-state index in [1.54, 1.807) is 12.4 Å². The van der Waals surface area contributed by atoms with Crippen molar-refractivity contribution in [1.29, 1.82) is 0 Å². The van der Waals surface area contributed by atoms with Crippen LogP contribution in [0.2, 0.25) is 5.02 Å². The highest BCUT2D eigenvalue weighted by Crippen LogP contribution is 2.29. The van der Waals surface area contributed by atoms with E-state index in [2.05, 4.69) is 22.1 Å². The SMILES string of the molecule is CC1CCN(C(=O)CSc2nnc(-c3ccncc3)n2-c2ccc(Cl)cc2)CC1. The van der Waals surface area contributed by atoms with Crippen LogP contribution in [-0.2, 0) is 4.79 Å². The number of carbonyl (C=O) groups is 1. The van der Waals surface area contributed by atoms with Crippen LogP contribution in [0.25, 0.3) is 17.1 Å². The summed E-state index contributed by atoms with van der Waals surface area (Å²) in [5, 5.41) is 10.1. The predicted octanol–water partition coefficient (Wildman–Crippen LogP) is 4.33. The maximum atomic E-state index is 12.7. The van der Waals surface area contributed by atoms with Gasteiger partial charge in [-0.05, 0) is 55.2 Å². The van der Waals surface area contributed by atoms with Crippen molar-refractivity contribution in [2.75, 3.05) is 18.8 Å². The van der Waals surface area contributed by atoms with E-state index in [1.807, 2.05) is 45.9 Å². The quantitative estimate of drug-likeness (QED) is 0.567. The molecule has 0 saturated carbocycles. The Kier molecular flexibility index (Phi) is 6.16. The molecule has 1 amide bonds. The van der Waals surface area contributed by atoms with E-state index < -0.39 is 0 Å². The lowest BCUT2D eigenvalue weighted by molar-refractivity contribution is -0.129. The molecule has 0 N–H and O–H groups in total. The van der Waals surface area contributed by atoms with Crippen molar-refractivity contribution in [1.82, 2.24) is 24.6 Å². The van der Waals surface area contributed by atoms with Crippen LogP contribution in [0.1, 0.15) is 19.8 Å². The van der Waals surface area contributed by atoms with Crippen LogP contribution in [0.3, 0.4) is 0 Å². The minimum absolute atomic E-state index is 0.151. The second-order valence-corrected chi connectivity index (χ2v) is 8.58. The third-order valence-electron chi connectivity index (χ3n) is 5.12. The van der Waals surface area contributed by atoms with Gasteiger partial charge in [0.05, 0.1) is 5.75 Å². The van der Waals surface area contributed by atoms with E-state index in [4.69, 9.17) is 11.6 Å². The first kappa shape index (κ1) is 19.9. The molecule has 0 bridgehead atoms. The third-order valence-corrected chi connectivity index (χ3v) is 6.28. The molecule has 3 heterocycles. The number of rotatable bonds is 5. The summed E-state index contributed by atoms with van der Waals surface area (Å²) in [5.74, 6) is 1.90. The molecule has 4 rings (SSSR count). The summed E-state index contributed by atoms with van der Waals surface area (Å²) in [6.45, 7) is 3.92. The van der Waals surface area contributed by atoms with Crippen molar-refractivity contribution >= 4 is 29.3 Å². The van der Waals surface area contributed by atoms with Gasteiger partial charge in [-0.2, -0.15) is 0 Å².